The van der Waals surface area contributed by atoms with E-state index in [1.54, 1.807) is 0 Å². The summed E-state index contributed by atoms with van der Waals surface area (Å²) in [6, 6.07) is -2.31. The van der Waals surface area contributed by atoms with Crippen LogP contribution in [0.15, 0.2) is 24.3 Å². The number of nitrogens with zero attached hydrogens (tertiary/aromatic N) is 4. The van der Waals surface area contributed by atoms with Crippen LogP contribution in [0, 0.1) is 0 Å². The molecule has 528 valence electrons. The molecule has 1 aliphatic carbocycles. The minimum absolute atomic E-state index is 0. The van der Waals surface area contributed by atoms with E-state index in [4.69, 9.17) is 0 Å². The summed E-state index contributed by atoms with van der Waals surface area (Å²) in [5, 5.41) is 156. The van der Waals surface area contributed by atoms with Gasteiger partial charge in [-0.2, -0.15) is 33.7 Å². The molecule has 12 N–H and O–H groups in total. The average Bonchev–Trinajstić information content (AvgIpc) is 1.30. The summed E-state index contributed by atoms with van der Waals surface area (Å²) in [5.41, 5.74) is -8.97. The topological polar surface area (TPSA) is 553 Å². The first-order valence-electron chi connectivity index (χ1n) is 30.7. The first-order chi connectivity index (χ1) is 44.7. The number of aliphatic carboxylic acids is 4. The maximum absolute atomic E-state index is 15.8. The van der Waals surface area contributed by atoms with Gasteiger partial charge in [-0.3, -0.25) is 57.0 Å². The zero-order valence-electron chi connectivity index (χ0n) is 55.2. The fourth-order valence-corrected chi connectivity index (χ4v) is 16.8. The second kappa shape index (κ2) is 34.9. The summed E-state index contributed by atoms with van der Waals surface area (Å²) in [4.78, 5) is 56.0. The number of phenolic OH excluding ortho intramolecular Hbond substituents is 4. The summed E-state index contributed by atoms with van der Waals surface area (Å²) in [5.74, 6) is -29.3. The molecular formula is C60H72N4Na4O28S4. The van der Waals surface area contributed by atoms with Gasteiger partial charge in [0.25, 0.3) is 40.5 Å². The van der Waals surface area contributed by atoms with Crippen molar-refractivity contribution in [1.82, 2.24) is 19.6 Å². The number of rotatable bonds is 24. The van der Waals surface area contributed by atoms with Gasteiger partial charge in [-0.15, -0.1) is 11.5 Å². The largest absolute Gasteiger partial charge is 1.00 e. The smallest absolute Gasteiger partial charge is 0.872 e. The molecule has 4 unspecified atom stereocenters. The Morgan fingerprint density at radius 3 is 0.760 bits per heavy atom. The van der Waals surface area contributed by atoms with Crippen LogP contribution in [-0.4, -0.2) is 210 Å². The predicted molar refractivity (Wildman–Crippen MR) is 326 cm³/mol. The monoisotopic (exact) mass is 1520 g/mol. The Morgan fingerprint density at radius 2 is 0.530 bits per heavy atom. The summed E-state index contributed by atoms with van der Waals surface area (Å²) in [7, 11) is -20.9. The normalized spacial score (nSPS) is 22.3. The van der Waals surface area contributed by atoms with Crippen LogP contribution in [0.3, 0.4) is 0 Å². The van der Waals surface area contributed by atoms with E-state index in [0.717, 1.165) is 24.3 Å². The third-order valence-electron chi connectivity index (χ3n) is 19.3. The van der Waals surface area contributed by atoms with Gasteiger partial charge < -0.3 is 61.3 Å². The molecule has 40 heteroatoms. The Balaban J connectivity index is 0.00000451. The van der Waals surface area contributed by atoms with Crippen molar-refractivity contribution < 1.29 is 251 Å². The minimum atomic E-state index is -5.24. The van der Waals surface area contributed by atoms with E-state index in [1.807, 2.05) is 0 Å². The van der Waals surface area contributed by atoms with Crippen LogP contribution in [0.2, 0.25) is 0 Å². The third kappa shape index (κ3) is 19.8. The van der Waals surface area contributed by atoms with E-state index >= 15 is 20.4 Å². The zero-order chi connectivity index (χ0) is 70.6. The Labute approximate surface area is 664 Å². The van der Waals surface area contributed by atoms with Crippen LogP contribution in [0.1, 0.15) is 167 Å². The molecule has 5 aliphatic rings. The van der Waals surface area contributed by atoms with Crippen LogP contribution >= 0.6 is 0 Å². The molecule has 0 amide bonds. The first-order valence-corrected chi connectivity index (χ1v) is 37.1. The van der Waals surface area contributed by atoms with Gasteiger partial charge in [0.05, 0.1) is 28.6 Å². The zero-order valence-corrected chi connectivity index (χ0v) is 66.5. The molecule has 0 aromatic heterocycles. The standard InChI is InChI=1S/C60H76N4O28S4.4Na/c65-49-33-21-34(50(66)41(49)25-61-13-1-5-45(61)57(73)74)30(10-18-94(84,85)86)36-23-38(54(70)43(52(36)68)27-63-15-3-7-47(63)59(77)78)32(12-20-96(90,91)92)40-24-39(55(71)44(56(40)72)28-64-16-4-8-48(64)60(79)80)31(11-19-95(87,88)89)37-22-35(29(33)9-17-93(81,82)83)51(67)42(53(37)69)26-62-14-2-6-46(62)58(75)76;;;;/h21-24,29-32,45-48,65-72H,1-20,25-28H2,(H,73,74)(H,75,76)(H,77,78)(H,79,80)(H,81,82,83)(H,84,85,86)(H,87,88,89)(H,90,91,92);;;;/q;4*+1/p-4/t29?,30?,31?,32?,45-,46-,47-,48-;;;;/m0..../s1. The molecule has 32 nitrogen and oxygen atoms in total. The number of phenols is 4. The van der Waals surface area contributed by atoms with Crippen LogP contribution in [0.4, 0.5) is 0 Å². The van der Waals surface area contributed by atoms with Crippen LogP contribution in [0.25, 0.3) is 0 Å². The molecule has 0 saturated carbocycles. The molecule has 4 fully saturated rings. The second-order valence-electron chi connectivity index (χ2n) is 25.2. The second-order valence-corrected chi connectivity index (χ2v) is 31.5. The number of carboxylic acids is 4. The van der Waals surface area contributed by atoms with Crippen molar-refractivity contribution in [3.05, 3.63) is 91.0 Å². The summed E-state index contributed by atoms with van der Waals surface area (Å²) in [6.07, 6.45) is -3.67. The van der Waals surface area contributed by atoms with E-state index in [2.05, 4.69) is 0 Å². The number of hydrogen-bond donors (Lipinski definition) is 12. The van der Waals surface area contributed by atoms with E-state index in [0.29, 0.717) is 0 Å². The fraction of sp³-hybridized carbons (Fsp3) is 0.533. The van der Waals surface area contributed by atoms with Gasteiger partial charge in [0.15, 0.2) is 0 Å². The van der Waals surface area contributed by atoms with Crippen molar-refractivity contribution in [2.24, 2.45) is 0 Å². The number of hydrogen-bond acceptors (Lipinski definition) is 24. The Morgan fingerprint density at radius 1 is 0.340 bits per heavy atom. The number of likely N-dealkylation sites (tertiary alicyclic amines) is 4. The Hall–Kier alpha value is -3.36. The number of benzene rings is 4. The molecule has 4 aromatic carbocycles. The van der Waals surface area contributed by atoms with E-state index in [9.17, 15) is 112 Å². The van der Waals surface area contributed by atoms with Crippen molar-refractivity contribution in [2.75, 3.05) is 49.2 Å². The van der Waals surface area contributed by atoms with Crippen molar-refractivity contribution in [3.63, 3.8) is 0 Å². The first kappa shape index (κ1) is 87.3. The van der Waals surface area contributed by atoms with Gasteiger partial charge >= 0.3 is 142 Å². The molecule has 0 radical (unpaired) electrons. The molecule has 0 spiro atoms. The molecular weight excluding hydrogens is 1440 g/mol. The van der Waals surface area contributed by atoms with E-state index in [1.165, 1.54) is 19.6 Å². The van der Waals surface area contributed by atoms with Gasteiger partial charge in [-0.1, -0.05) is 29.7 Å². The molecule has 4 aromatic rings. The Kier molecular flexibility index (Phi) is 30.5. The predicted octanol–water partition coefficient (Wildman–Crippen LogP) is -11.0. The van der Waals surface area contributed by atoms with Gasteiger partial charge in [-0.05, 0) is 137 Å². The maximum atomic E-state index is 15.8. The molecule has 8 atom stereocenters. The van der Waals surface area contributed by atoms with Crippen LogP contribution in [0.5, 0.6) is 46.0 Å². The third-order valence-corrected chi connectivity index (χ3v) is 22.3. The van der Waals surface area contributed by atoms with E-state index < -0.39 is 300 Å². The van der Waals surface area contributed by atoms with Gasteiger partial charge in [0, 0.05) is 83.2 Å². The van der Waals surface area contributed by atoms with Crippen molar-refractivity contribution in [3.8, 4) is 46.0 Å². The maximum Gasteiger partial charge on any atom is 1.00 e. The Bertz CT molecular complexity index is 3600. The number of fused-ring (bicyclic) bond motifs is 8. The van der Waals surface area contributed by atoms with Crippen molar-refractivity contribution in [2.45, 2.75) is 151 Å². The van der Waals surface area contributed by atoms with Gasteiger partial charge in [-0.25, -0.2) is 0 Å². The summed E-state index contributed by atoms with van der Waals surface area (Å²) in [6.45, 7) is -3.71. The SMILES string of the molecule is O=C(O)[C@@H]1CCCN1Cc1c([O-])c2cc(c1[O-])C(CCS(=O)(=O)O)c1cc(c([O-])c(CN3CCC[C@H]3C(=O)O)c1O)C(CCS(=O)(=O)O)c1cc(c(O)c(CN3CCC[C@H]3C(=O)O)c1O)C(CCS(=O)(=O)O)c1cc(c(O)c(CN3CCC[C@H]3C(=O)O)c1[O-])C2CCS(=O)(=O)O.[Na+].[Na+].[Na+].[Na+]. The molecule has 4 saturated heterocycles. The molecule has 100 heavy (non-hydrogen) atoms. The van der Waals surface area contributed by atoms with Gasteiger partial charge in [0.2, 0.25) is 0 Å². The van der Waals surface area contributed by atoms with Crippen LogP contribution in [-0.2, 0) is 85.8 Å². The number of carbonyl (C=O) groups is 4. The quantitative estimate of drug-likeness (QED) is 0.0229. The van der Waals surface area contributed by atoms with E-state index in [-0.39, 0.29) is 196 Å². The number of carboxylic acid groups (broad SMARTS) is 4. The fourth-order valence-electron chi connectivity index (χ4n) is 14.7. The average molecular weight is 1520 g/mol. The number of aromatic hydroxyl groups is 4. The molecule has 4 heterocycles. The van der Waals surface area contributed by atoms with Crippen molar-refractivity contribution >= 4 is 64.3 Å². The van der Waals surface area contributed by atoms with Gasteiger partial charge in [0.1, 0.15) is 47.2 Å². The van der Waals surface area contributed by atoms with Crippen LogP contribution < -0.4 is 139 Å². The molecule has 8 bridgehead atoms. The minimum Gasteiger partial charge on any atom is -0.872 e. The molecule has 4 aliphatic heterocycles. The summed E-state index contributed by atoms with van der Waals surface area (Å²) < 4.78 is 147. The summed E-state index contributed by atoms with van der Waals surface area (Å²) >= 11 is 0. The van der Waals surface area contributed by atoms with Crippen molar-refractivity contribution in [1.29, 1.82) is 0 Å². The molecule has 9 rings (SSSR count).